The zero-order valence-corrected chi connectivity index (χ0v) is 10.5. The van der Waals surface area contributed by atoms with Crippen LogP contribution in [0.25, 0.3) is 0 Å². The van der Waals surface area contributed by atoms with E-state index in [4.69, 9.17) is 5.73 Å². The highest BCUT2D eigenvalue weighted by atomic mass is 19.3. The highest BCUT2D eigenvalue weighted by Crippen LogP contribution is 2.38. The summed E-state index contributed by atoms with van der Waals surface area (Å²) in [5, 5.41) is 2.78. The highest BCUT2D eigenvalue weighted by molar-refractivity contribution is 5.79. The summed E-state index contributed by atoms with van der Waals surface area (Å²) in [7, 11) is 0. The summed E-state index contributed by atoms with van der Waals surface area (Å²) < 4.78 is 26.0. The number of nitrogens with one attached hydrogen (secondary N) is 1. The molecule has 1 aliphatic rings. The molecular formula is C12H22F2N2O. The minimum Gasteiger partial charge on any atom is -0.352 e. The fourth-order valence-corrected chi connectivity index (χ4v) is 2.28. The van der Waals surface area contributed by atoms with Gasteiger partial charge in [0.1, 0.15) is 0 Å². The van der Waals surface area contributed by atoms with Gasteiger partial charge in [-0.25, -0.2) is 8.78 Å². The average molecular weight is 248 g/mol. The number of carbonyl (C=O) groups excluding carboxylic acids is 1. The molecule has 0 heterocycles. The molecule has 1 fully saturated rings. The average Bonchev–Trinajstić information content (AvgIpc) is 2.57. The van der Waals surface area contributed by atoms with E-state index in [0.29, 0.717) is 12.5 Å². The Morgan fingerprint density at radius 1 is 1.53 bits per heavy atom. The van der Waals surface area contributed by atoms with Gasteiger partial charge in [-0.15, -0.1) is 0 Å². The van der Waals surface area contributed by atoms with Crippen molar-refractivity contribution in [1.29, 1.82) is 0 Å². The summed E-state index contributed by atoms with van der Waals surface area (Å²) in [5.74, 6) is -3.06. The van der Waals surface area contributed by atoms with Gasteiger partial charge in [0.05, 0.1) is 0 Å². The van der Waals surface area contributed by atoms with E-state index in [2.05, 4.69) is 5.32 Å². The summed E-state index contributed by atoms with van der Waals surface area (Å²) in [6, 6.07) is -0.100. The number of nitrogens with two attached hydrogens (primary N) is 1. The van der Waals surface area contributed by atoms with Crippen LogP contribution in [0.5, 0.6) is 0 Å². The minimum atomic E-state index is -2.67. The molecule has 5 heteroatoms. The molecule has 0 spiro atoms. The number of halogens is 2. The molecular weight excluding hydrogens is 226 g/mol. The Morgan fingerprint density at radius 3 is 2.59 bits per heavy atom. The number of alkyl halides is 2. The van der Waals surface area contributed by atoms with Crippen LogP contribution < -0.4 is 11.1 Å². The molecule has 3 nitrogen and oxygen atoms in total. The lowest BCUT2D eigenvalue weighted by Gasteiger charge is -2.21. The van der Waals surface area contributed by atoms with Gasteiger partial charge in [0.15, 0.2) is 0 Å². The second-order valence-electron chi connectivity index (χ2n) is 5.37. The third kappa shape index (κ3) is 4.58. The van der Waals surface area contributed by atoms with E-state index < -0.39 is 11.8 Å². The molecule has 0 bridgehead atoms. The molecule has 0 saturated heterocycles. The SMILES string of the molecule is CC(C)CC(CN)NC(=O)C1CCC(F)(F)C1. The predicted octanol–water partition coefficient (Wildman–Crippen LogP) is 1.91. The maximum Gasteiger partial charge on any atom is 0.248 e. The molecule has 3 N–H and O–H groups in total. The van der Waals surface area contributed by atoms with Gasteiger partial charge in [-0.1, -0.05) is 13.8 Å². The van der Waals surface area contributed by atoms with Gasteiger partial charge in [0.25, 0.3) is 0 Å². The number of carbonyl (C=O) groups is 1. The first-order chi connectivity index (χ1) is 7.84. The van der Waals surface area contributed by atoms with Gasteiger partial charge in [0.2, 0.25) is 11.8 Å². The molecule has 2 unspecified atom stereocenters. The fraction of sp³-hybridized carbons (Fsp3) is 0.917. The van der Waals surface area contributed by atoms with Gasteiger partial charge < -0.3 is 11.1 Å². The molecule has 1 aliphatic carbocycles. The molecule has 2 atom stereocenters. The van der Waals surface area contributed by atoms with Gasteiger partial charge in [-0.05, 0) is 18.8 Å². The zero-order chi connectivity index (χ0) is 13.1. The molecule has 0 aliphatic heterocycles. The van der Waals surface area contributed by atoms with E-state index in [-0.39, 0.29) is 31.2 Å². The van der Waals surface area contributed by atoms with Crippen molar-refractivity contribution in [3.63, 3.8) is 0 Å². The summed E-state index contributed by atoms with van der Waals surface area (Å²) >= 11 is 0. The molecule has 0 aromatic carbocycles. The van der Waals surface area contributed by atoms with Crippen LogP contribution in [0.15, 0.2) is 0 Å². The number of hydrogen-bond donors (Lipinski definition) is 2. The molecule has 1 saturated carbocycles. The maximum absolute atomic E-state index is 13.0. The van der Waals surface area contributed by atoms with Gasteiger partial charge in [-0.2, -0.15) is 0 Å². The van der Waals surface area contributed by atoms with Crippen molar-refractivity contribution >= 4 is 5.91 Å². The van der Waals surface area contributed by atoms with E-state index >= 15 is 0 Å². The minimum absolute atomic E-state index is 0.100. The molecule has 0 aromatic rings. The van der Waals surface area contributed by atoms with Crippen LogP contribution in [0.3, 0.4) is 0 Å². The topological polar surface area (TPSA) is 55.1 Å². The van der Waals surface area contributed by atoms with E-state index in [9.17, 15) is 13.6 Å². The largest absolute Gasteiger partial charge is 0.352 e. The van der Waals surface area contributed by atoms with Gasteiger partial charge in [-0.3, -0.25) is 4.79 Å². The second kappa shape index (κ2) is 5.76. The van der Waals surface area contributed by atoms with Crippen LogP contribution in [0.1, 0.15) is 39.5 Å². The van der Waals surface area contributed by atoms with Gasteiger partial charge >= 0.3 is 0 Å². The van der Waals surface area contributed by atoms with Crippen molar-refractivity contribution in [2.24, 2.45) is 17.6 Å². The summed E-state index contributed by atoms with van der Waals surface area (Å²) in [5.41, 5.74) is 5.56. The number of hydrogen-bond acceptors (Lipinski definition) is 2. The quantitative estimate of drug-likeness (QED) is 0.781. The van der Waals surface area contributed by atoms with Crippen molar-refractivity contribution in [3.05, 3.63) is 0 Å². The van der Waals surface area contributed by atoms with Crippen LogP contribution in [-0.4, -0.2) is 24.4 Å². The molecule has 17 heavy (non-hydrogen) atoms. The van der Waals surface area contributed by atoms with Crippen LogP contribution in [0, 0.1) is 11.8 Å². The Bertz CT molecular complexity index is 269. The van der Waals surface area contributed by atoms with E-state index in [1.807, 2.05) is 13.8 Å². The van der Waals surface area contributed by atoms with E-state index in [0.717, 1.165) is 6.42 Å². The van der Waals surface area contributed by atoms with Crippen molar-refractivity contribution in [2.45, 2.75) is 51.5 Å². The second-order valence-corrected chi connectivity index (χ2v) is 5.37. The molecule has 1 amide bonds. The first-order valence-corrected chi connectivity index (χ1v) is 6.22. The highest BCUT2D eigenvalue weighted by Gasteiger charge is 2.42. The zero-order valence-electron chi connectivity index (χ0n) is 10.5. The van der Waals surface area contributed by atoms with Crippen LogP contribution in [0.4, 0.5) is 8.78 Å². The molecule has 0 radical (unpaired) electrons. The summed E-state index contributed by atoms with van der Waals surface area (Å²) in [6.45, 7) is 4.43. The van der Waals surface area contributed by atoms with Crippen LogP contribution in [0.2, 0.25) is 0 Å². The maximum atomic E-state index is 13.0. The van der Waals surface area contributed by atoms with Crippen LogP contribution in [-0.2, 0) is 4.79 Å². The lowest BCUT2D eigenvalue weighted by atomic mass is 10.0. The monoisotopic (exact) mass is 248 g/mol. The lowest BCUT2D eigenvalue weighted by Crippen LogP contribution is -2.43. The lowest BCUT2D eigenvalue weighted by molar-refractivity contribution is -0.126. The van der Waals surface area contributed by atoms with E-state index in [1.165, 1.54) is 0 Å². The summed E-state index contributed by atoms with van der Waals surface area (Å²) in [6.07, 6.45) is 0.559. The Morgan fingerprint density at radius 2 is 2.18 bits per heavy atom. The first kappa shape index (κ1) is 14.4. The standard InChI is InChI=1S/C12H22F2N2O/c1-8(2)5-10(7-15)16-11(17)9-3-4-12(13,14)6-9/h8-10H,3-7,15H2,1-2H3,(H,16,17). The van der Waals surface area contributed by atoms with Crippen molar-refractivity contribution in [2.75, 3.05) is 6.54 Å². The summed E-state index contributed by atoms with van der Waals surface area (Å²) in [4.78, 5) is 11.8. The van der Waals surface area contributed by atoms with Crippen molar-refractivity contribution in [3.8, 4) is 0 Å². The van der Waals surface area contributed by atoms with Gasteiger partial charge in [0, 0.05) is 31.3 Å². The molecule has 100 valence electrons. The number of rotatable bonds is 5. The fourth-order valence-electron chi connectivity index (χ4n) is 2.28. The third-order valence-electron chi connectivity index (χ3n) is 3.16. The normalized spacial score (nSPS) is 24.9. The molecule has 1 rings (SSSR count). The van der Waals surface area contributed by atoms with Crippen molar-refractivity contribution in [1.82, 2.24) is 5.32 Å². The molecule has 0 aromatic heterocycles. The Balaban J connectivity index is 2.43. The first-order valence-electron chi connectivity index (χ1n) is 6.22. The van der Waals surface area contributed by atoms with E-state index in [1.54, 1.807) is 0 Å². The van der Waals surface area contributed by atoms with Crippen LogP contribution >= 0.6 is 0 Å². The van der Waals surface area contributed by atoms with Crippen molar-refractivity contribution < 1.29 is 13.6 Å². The Labute approximate surface area is 101 Å². The number of amides is 1. The third-order valence-corrected chi connectivity index (χ3v) is 3.16. The smallest absolute Gasteiger partial charge is 0.248 e. The predicted molar refractivity (Wildman–Crippen MR) is 62.7 cm³/mol. The Hall–Kier alpha value is -0.710. The Kier molecular flexibility index (Phi) is 4.86.